The average molecular weight is 677 g/mol. The van der Waals surface area contributed by atoms with E-state index in [2.05, 4.69) is 169 Å². The quantitative estimate of drug-likeness (QED) is 0.176. The normalized spacial score (nSPS) is 13.1. The van der Waals surface area contributed by atoms with Crippen LogP contribution in [0.4, 0.5) is 17.1 Å². The Balaban J connectivity index is 1.15. The molecule has 11 rings (SSSR count). The predicted octanol–water partition coefficient (Wildman–Crippen LogP) is 13.0. The number of benzene rings is 8. The lowest BCUT2D eigenvalue weighted by Gasteiger charge is -2.35. The smallest absolute Gasteiger partial charge is 0.227 e. The van der Waals surface area contributed by atoms with Crippen molar-refractivity contribution < 1.29 is 4.42 Å². The van der Waals surface area contributed by atoms with E-state index in [0.29, 0.717) is 5.89 Å². The van der Waals surface area contributed by atoms with Crippen molar-refractivity contribution in [3.63, 3.8) is 0 Å². The van der Waals surface area contributed by atoms with Gasteiger partial charge in [-0.1, -0.05) is 146 Å². The molecule has 2 aliphatic carbocycles. The number of fused-ring (bicyclic) bond motifs is 6. The zero-order valence-electron chi connectivity index (χ0n) is 28.8. The fourth-order valence-electron chi connectivity index (χ4n) is 8.94. The van der Waals surface area contributed by atoms with Crippen molar-refractivity contribution in [2.45, 2.75) is 5.41 Å². The average Bonchev–Trinajstić information content (AvgIpc) is 3.89. The number of rotatable bonds is 6. The van der Waals surface area contributed by atoms with Crippen molar-refractivity contribution in [2.24, 2.45) is 0 Å². The van der Waals surface area contributed by atoms with Crippen molar-refractivity contribution in [1.29, 1.82) is 0 Å². The number of anilines is 3. The number of hydrogen-bond donors (Lipinski definition) is 0. The van der Waals surface area contributed by atoms with E-state index in [4.69, 9.17) is 9.40 Å². The van der Waals surface area contributed by atoms with E-state index in [1.54, 1.807) is 0 Å². The van der Waals surface area contributed by atoms with Gasteiger partial charge in [-0.05, 0) is 81.9 Å². The van der Waals surface area contributed by atoms with Crippen molar-refractivity contribution in [2.75, 3.05) is 4.90 Å². The molecular weight excluding hydrogens is 645 g/mol. The maximum atomic E-state index is 6.52. The molecule has 0 N–H and O–H groups in total. The van der Waals surface area contributed by atoms with Crippen LogP contribution in [0.2, 0.25) is 0 Å². The van der Waals surface area contributed by atoms with Gasteiger partial charge in [0.25, 0.3) is 0 Å². The van der Waals surface area contributed by atoms with Crippen LogP contribution in [0.15, 0.2) is 199 Å². The first-order valence-corrected chi connectivity index (χ1v) is 18.1. The Morgan fingerprint density at radius 3 is 1.79 bits per heavy atom. The lowest BCUT2D eigenvalue weighted by molar-refractivity contribution is 0.590. The Bertz CT molecular complexity index is 2760. The highest BCUT2D eigenvalue weighted by Crippen LogP contribution is 2.58. The van der Waals surface area contributed by atoms with Crippen LogP contribution in [0, 0.1) is 0 Å². The highest BCUT2D eigenvalue weighted by atomic mass is 16.4. The second-order valence-corrected chi connectivity index (χ2v) is 13.9. The molecule has 1 heterocycles. The van der Waals surface area contributed by atoms with Crippen LogP contribution in [-0.2, 0) is 5.41 Å². The molecule has 8 aromatic carbocycles. The molecule has 0 aliphatic heterocycles. The van der Waals surface area contributed by atoms with Gasteiger partial charge in [-0.2, -0.15) is 0 Å². The first-order valence-electron chi connectivity index (χ1n) is 18.1. The molecule has 0 radical (unpaired) electrons. The highest BCUT2D eigenvalue weighted by Gasteiger charge is 2.46. The largest absolute Gasteiger partial charge is 0.435 e. The zero-order chi connectivity index (χ0) is 34.9. The Hall–Kier alpha value is -6.97. The zero-order valence-corrected chi connectivity index (χ0v) is 28.8. The second kappa shape index (κ2) is 11.5. The molecule has 2 aliphatic rings. The van der Waals surface area contributed by atoms with E-state index in [1.165, 1.54) is 38.8 Å². The van der Waals surface area contributed by atoms with E-state index in [0.717, 1.165) is 50.6 Å². The van der Waals surface area contributed by atoms with Crippen molar-refractivity contribution in [1.82, 2.24) is 4.98 Å². The Morgan fingerprint density at radius 2 is 1.06 bits per heavy atom. The third-order valence-corrected chi connectivity index (χ3v) is 11.1. The molecule has 248 valence electrons. The van der Waals surface area contributed by atoms with Crippen LogP contribution in [0.1, 0.15) is 22.3 Å². The number of para-hydroxylation sites is 1. The van der Waals surface area contributed by atoms with E-state index < -0.39 is 5.41 Å². The molecular formula is C50H32N2O. The summed E-state index contributed by atoms with van der Waals surface area (Å²) >= 11 is 0. The van der Waals surface area contributed by atoms with Crippen LogP contribution in [0.25, 0.3) is 55.9 Å². The maximum Gasteiger partial charge on any atom is 0.227 e. The van der Waals surface area contributed by atoms with E-state index in [1.807, 2.05) is 30.3 Å². The fraction of sp³-hybridized carbons (Fsp3) is 0.0200. The molecule has 3 nitrogen and oxygen atoms in total. The Morgan fingerprint density at radius 1 is 0.453 bits per heavy atom. The molecule has 0 saturated heterocycles. The van der Waals surface area contributed by atoms with E-state index in [-0.39, 0.29) is 0 Å². The first kappa shape index (κ1) is 29.7. The van der Waals surface area contributed by atoms with Gasteiger partial charge in [-0.3, -0.25) is 0 Å². The number of hydrogen-bond acceptors (Lipinski definition) is 3. The van der Waals surface area contributed by atoms with Crippen LogP contribution in [0.3, 0.4) is 0 Å². The van der Waals surface area contributed by atoms with Gasteiger partial charge in [0.05, 0.1) is 11.1 Å². The van der Waals surface area contributed by atoms with E-state index >= 15 is 0 Å². The summed E-state index contributed by atoms with van der Waals surface area (Å²) in [4.78, 5) is 7.46. The summed E-state index contributed by atoms with van der Waals surface area (Å²) in [5.74, 6) is 1.48. The van der Waals surface area contributed by atoms with E-state index in [9.17, 15) is 0 Å². The summed E-state index contributed by atoms with van der Waals surface area (Å²) in [7, 11) is 0. The minimum absolute atomic E-state index is 0.495. The minimum atomic E-state index is -0.495. The standard InChI is InChI=1S/C50H32N2O/c1-5-16-33(17-6-1)49-51-47-41-26-15-25-40-45(31-30-42(46(40)41)48(47)53-49)52(36-22-11-4-12-23-36)37-28-29-39-38-24-13-14-27-43(38)50(44(39)32-37,34-18-7-2-8-19-34)35-20-9-3-10-21-35/h1-32H. The lowest BCUT2D eigenvalue weighted by atomic mass is 9.67. The lowest BCUT2D eigenvalue weighted by Crippen LogP contribution is -2.28. The monoisotopic (exact) mass is 676 g/mol. The molecule has 0 unspecified atom stereocenters. The Kier molecular flexibility index (Phi) is 6.47. The third kappa shape index (κ3) is 4.25. The molecule has 9 aromatic rings. The van der Waals surface area contributed by atoms with Crippen molar-refractivity contribution in [3.05, 3.63) is 216 Å². The molecule has 0 amide bonds. The number of nitrogens with zero attached hydrogens (tertiary/aromatic N) is 2. The third-order valence-electron chi connectivity index (χ3n) is 11.1. The van der Waals surface area contributed by atoms with Gasteiger partial charge in [-0.25, -0.2) is 4.98 Å². The van der Waals surface area contributed by atoms with Gasteiger partial charge in [0.1, 0.15) is 5.69 Å². The highest BCUT2D eigenvalue weighted by molar-refractivity contribution is 6.17. The molecule has 53 heavy (non-hydrogen) atoms. The SMILES string of the molecule is c1ccc(-c2nc3c(o2)-c2ccc(N(c4ccccc4)c4ccc5c(c4)C(c4ccccc4)(c4ccccc4)c4ccccc4-5)c4cccc-3c24)cc1. The summed E-state index contributed by atoms with van der Waals surface area (Å²) in [5.41, 5.74) is 14.5. The van der Waals surface area contributed by atoms with Crippen LogP contribution >= 0.6 is 0 Å². The van der Waals surface area contributed by atoms with Gasteiger partial charge >= 0.3 is 0 Å². The molecule has 0 atom stereocenters. The summed E-state index contributed by atoms with van der Waals surface area (Å²) < 4.78 is 6.52. The maximum absolute atomic E-state index is 6.52. The molecule has 0 fully saturated rings. The molecule has 0 saturated carbocycles. The van der Waals surface area contributed by atoms with Gasteiger partial charge in [0.2, 0.25) is 5.89 Å². The van der Waals surface area contributed by atoms with Crippen LogP contribution in [0.5, 0.6) is 0 Å². The summed E-state index contributed by atoms with van der Waals surface area (Å²) in [6, 6.07) is 69.8. The number of oxazole rings is 1. The van der Waals surface area contributed by atoms with Crippen molar-refractivity contribution >= 4 is 27.8 Å². The van der Waals surface area contributed by atoms with Crippen molar-refractivity contribution in [3.8, 4) is 45.2 Å². The summed E-state index contributed by atoms with van der Waals surface area (Å²) in [6.07, 6.45) is 0. The summed E-state index contributed by atoms with van der Waals surface area (Å²) in [6.45, 7) is 0. The fourth-order valence-corrected chi connectivity index (χ4v) is 8.94. The van der Waals surface area contributed by atoms with Crippen LogP contribution in [-0.4, -0.2) is 4.98 Å². The van der Waals surface area contributed by atoms with Crippen LogP contribution < -0.4 is 4.90 Å². The molecule has 3 heteroatoms. The Labute approximate surface area is 308 Å². The summed E-state index contributed by atoms with van der Waals surface area (Å²) in [5, 5.41) is 2.32. The topological polar surface area (TPSA) is 29.3 Å². The first-order chi connectivity index (χ1) is 26.3. The molecule has 0 bridgehead atoms. The number of aromatic nitrogens is 1. The van der Waals surface area contributed by atoms with Gasteiger partial charge < -0.3 is 9.32 Å². The van der Waals surface area contributed by atoms with Gasteiger partial charge in [0, 0.05) is 38.8 Å². The molecule has 1 aromatic heterocycles. The van der Waals surface area contributed by atoms with Gasteiger partial charge in [-0.15, -0.1) is 0 Å². The predicted molar refractivity (Wildman–Crippen MR) is 216 cm³/mol. The minimum Gasteiger partial charge on any atom is -0.435 e. The second-order valence-electron chi connectivity index (χ2n) is 13.9. The molecule has 0 spiro atoms. The van der Waals surface area contributed by atoms with Gasteiger partial charge in [0.15, 0.2) is 5.76 Å².